The Labute approximate surface area is 419 Å². The number of hydrogen-bond donors (Lipinski definition) is 0. The molecular weight excluding hydrogens is 762 g/mol. The first kappa shape index (κ1) is 48.9. The van der Waals surface area contributed by atoms with E-state index in [1.54, 1.807) is 0 Å². The lowest BCUT2D eigenvalue weighted by molar-refractivity contribution is 1.84. The summed E-state index contributed by atoms with van der Waals surface area (Å²) in [5.41, 5.74) is -4.28. The topological polar surface area (TPSA) is 0 Å². The minimum Gasteiger partial charge on any atom is -0.112 e. The molecule has 8 aromatic rings. The van der Waals surface area contributed by atoms with Gasteiger partial charge < -0.3 is 0 Å². The van der Waals surface area contributed by atoms with Crippen molar-refractivity contribution < 1.29 is 0 Å². The Hall–Kier alpha value is -3.51. The maximum atomic E-state index is 7.29. The van der Waals surface area contributed by atoms with Crippen molar-refractivity contribution in [3.05, 3.63) is 0 Å². The van der Waals surface area contributed by atoms with Crippen LogP contribution in [-0.4, -0.2) is 204 Å². The van der Waals surface area contributed by atoms with Crippen molar-refractivity contribution in [3.8, 4) is 33.4 Å². The molecule has 0 atom stereocenters. The van der Waals surface area contributed by atoms with Gasteiger partial charge in [0.2, 0.25) is 0 Å². The maximum absolute atomic E-state index is 7.29. The van der Waals surface area contributed by atoms with Gasteiger partial charge in [0.15, 0.2) is 0 Å². The molecule has 0 saturated heterocycles. The van der Waals surface area contributed by atoms with Crippen LogP contribution in [0.25, 0.3) is 76.5 Å². The van der Waals surface area contributed by atoms with Crippen LogP contribution in [0.4, 0.5) is 0 Å². The molecule has 0 amide bonds. The molecule has 26 heteroatoms. The minimum atomic E-state index is -0.258. The first-order chi connectivity index (χ1) is 30.7. The first-order valence-electron chi connectivity index (χ1n) is 19.3. The van der Waals surface area contributed by atoms with Crippen molar-refractivity contribution in [1.82, 2.24) is 0 Å². The van der Waals surface area contributed by atoms with Crippen LogP contribution < -0.4 is 142 Å². The summed E-state index contributed by atoms with van der Waals surface area (Å²) in [4.78, 5) is 0. The summed E-state index contributed by atoms with van der Waals surface area (Å²) in [5, 5.41) is 0.131. The Balaban J connectivity index is 1.77. The van der Waals surface area contributed by atoms with E-state index in [0.29, 0.717) is 0 Å². The lowest BCUT2D eigenvalue weighted by Gasteiger charge is -2.34. The molecule has 0 aromatic heterocycles. The van der Waals surface area contributed by atoms with Gasteiger partial charge in [-0.1, -0.05) is 81.9 Å². The molecule has 0 aliphatic carbocycles. The van der Waals surface area contributed by atoms with Crippen molar-refractivity contribution >= 4 is 389 Å². The molecule has 66 heavy (non-hydrogen) atoms. The highest BCUT2D eigenvalue weighted by molar-refractivity contribution is 6.77. The van der Waals surface area contributed by atoms with Crippen LogP contribution in [-0.2, 0) is 0 Å². The van der Waals surface area contributed by atoms with Crippen LogP contribution >= 0.6 is 0 Å². The standard InChI is InChI=1S/C40B26/c41-15-12(24(50)25(51)14-13(15)28(54)36(62)37(63)29(14)55)10-9-8(22(48)34(60)35(61)23(9)49)5(16(42)17(10)43)1-3-6(20(46)32(58)30(56)18(3)44)2(7-4(1)19(45)31(57)33(59)21(7)47)11-26(52)38(64)40(66)39(65)27(11)53. The molecule has 0 bridgehead atoms. The highest BCUT2D eigenvalue weighted by atomic mass is 14.3. The second kappa shape index (κ2) is 16.6. The number of rotatable bonds is 3. The van der Waals surface area contributed by atoms with Gasteiger partial charge in [0.25, 0.3) is 0 Å². The van der Waals surface area contributed by atoms with Crippen molar-refractivity contribution in [1.29, 1.82) is 0 Å². The summed E-state index contributed by atoms with van der Waals surface area (Å²) >= 11 is 0. The van der Waals surface area contributed by atoms with Gasteiger partial charge in [-0.2, -0.15) is 0 Å². The van der Waals surface area contributed by atoms with Crippen LogP contribution in [0.1, 0.15) is 0 Å². The largest absolute Gasteiger partial charge is 0.115 e. The molecule has 0 aliphatic rings. The van der Waals surface area contributed by atoms with E-state index in [-0.39, 0.29) is 219 Å². The Morgan fingerprint density at radius 3 is 0.530 bits per heavy atom. The SMILES string of the molecule is [B]c1c([B])c([B])c(-c2c3c([B])c([B])c([B])c([B])c3c(-c3c([B])c([B])c(-c4c([B])c([B])c5c([B])c([B])c([B])c([B])c5c4[B])c4c([B])c([B])c([B])c([B])c34)c3c([B])c([B])c([B])c([B])c23)c([B])c1[B]. The predicted octanol–water partition coefficient (Wildman–Crippen LogP) is -20.1. The molecule has 0 saturated carbocycles. The molecule has 0 heterocycles. The summed E-state index contributed by atoms with van der Waals surface area (Å²) in [6.07, 6.45) is 0. The average Bonchev–Trinajstić information content (AvgIpc) is 3.28. The Kier molecular flexibility index (Phi) is 12.3. The minimum absolute atomic E-state index is 0.00446. The fourth-order valence-corrected chi connectivity index (χ4v) is 9.17. The molecule has 0 nitrogen and oxygen atoms in total. The second-order valence-electron chi connectivity index (χ2n) is 16.0. The molecule has 8 aromatic carbocycles. The highest BCUT2D eigenvalue weighted by Gasteiger charge is 2.31. The smallest absolute Gasteiger partial charge is 0.112 e. The summed E-state index contributed by atoms with van der Waals surface area (Å²) in [6, 6.07) is 0. The van der Waals surface area contributed by atoms with Crippen LogP contribution in [0.3, 0.4) is 0 Å². The molecule has 0 aliphatic heterocycles. The van der Waals surface area contributed by atoms with Gasteiger partial charge in [-0.3, -0.25) is 0 Å². The summed E-state index contributed by atoms with van der Waals surface area (Å²) in [6.45, 7) is 0. The van der Waals surface area contributed by atoms with Gasteiger partial charge in [0.05, 0.1) is 0 Å². The average molecular weight is 762 g/mol. The third-order valence-corrected chi connectivity index (χ3v) is 12.8. The van der Waals surface area contributed by atoms with Gasteiger partial charge >= 0.3 is 0 Å². The number of hydrogen-bond acceptors (Lipinski definition) is 0. The third kappa shape index (κ3) is 6.29. The molecule has 0 unspecified atom stereocenters. The van der Waals surface area contributed by atoms with E-state index in [1.807, 2.05) is 0 Å². The van der Waals surface area contributed by atoms with Gasteiger partial charge in [0, 0.05) is 0 Å². The van der Waals surface area contributed by atoms with Crippen molar-refractivity contribution in [2.24, 2.45) is 0 Å². The van der Waals surface area contributed by atoms with E-state index in [4.69, 9.17) is 204 Å². The first-order valence-corrected chi connectivity index (χ1v) is 19.3. The fraction of sp³-hybridized carbons (Fsp3) is 0. The number of benzene rings is 8. The van der Waals surface area contributed by atoms with Crippen LogP contribution in [0.5, 0.6) is 0 Å². The van der Waals surface area contributed by atoms with E-state index in [1.165, 1.54) is 0 Å². The zero-order chi connectivity index (χ0) is 49.1. The van der Waals surface area contributed by atoms with E-state index < -0.39 is 0 Å². The molecule has 0 N–H and O–H groups in total. The highest BCUT2D eigenvalue weighted by Crippen LogP contribution is 2.41. The van der Waals surface area contributed by atoms with Gasteiger partial charge in [-0.15, -0.1) is 60.1 Å². The molecule has 8 rings (SSSR count). The third-order valence-electron chi connectivity index (χ3n) is 12.8. The normalized spacial score (nSPS) is 11.7. The van der Waals surface area contributed by atoms with Gasteiger partial charge in [-0.25, -0.2) is 0 Å². The van der Waals surface area contributed by atoms with Crippen molar-refractivity contribution in [2.45, 2.75) is 0 Å². The van der Waals surface area contributed by atoms with E-state index >= 15 is 0 Å². The van der Waals surface area contributed by atoms with E-state index in [0.717, 1.165) is 0 Å². The maximum Gasteiger partial charge on any atom is 0.115 e. The van der Waals surface area contributed by atoms with Crippen LogP contribution in [0.15, 0.2) is 0 Å². The van der Waals surface area contributed by atoms with Crippen LogP contribution in [0.2, 0.25) is 0 Å². The summed E-state index contributed by atoms with van der Waals surface area (Å²) < 4.78 is 0. The van der Waals surface area contributed by atoms with Crippen LogP contribution in [0, 0.1) is 0 Å². The van der Waals surface area contributed by atoms with Gasteiger partial charge in [0.1, 0.15) is 204 Å². The second-order valence-corrected chi connectivity index (χ2v) is 16.0. The van der Waals surface area contributed by atoms with E-state index in [2.05, 4.69) is 0 Å². The Bertz CT molecular complexity index is 3540. The van der Waals surface area contributed by atoms with E-state index in [9.17, 15) is 0 Å². The Morgan fingerprint density at radius 2 is 0.227 bits per heavy atom. The fourth-order valence-electron chi connectivity index (χ4n) is 9.17. The zero-order valence-corrected chi connectivity index (χ0v) is 35.0. The van der Waals surface area contributed by atoms with Gasteiger partial charge in [-0.05, 0) is 76.5 Å². The Morgan fingerprint density at radius 1 is 0.0909 bits per heavy atom. The monoisotopic (exact) mass is 766 g/mol. The predicted molar refractivity (Wildman–Crippen MR) is 313 cm³/mol. The number of fused-ring (bicyclic) bond motifs is 4. The molecule has 0 fully saturated rings. The van der Waals surface area contributed by atoms with Crippen molar-refractivity contribution in [3.63, 3.8) is 0 Å². The molecule has 52 radical (unpaired) electrons. The summed E-state index contributed by atoms with van der Waals surface area (Å²) in [5.74, 6) is 0. The van der Waals surface area contributed by atoms with Crippen molar-refractivity contribution in [2.75, 3.05) is 0 Å². The lowest BCUT2D eigenvalue weighted by atomic mass is 9.55. The molecule has 238 valence electrons. The molecular formula is C40B26. The molecule has 0 spiro atoms. The zero-order valence-electron chi connectivity index (χ0n) is 35.0. The quantitative estimate of drug-likeness (QED) is 0.124. The summed E-state index contributed by atoms with van der Waals surface area (Å²) in [7, 11) is 175. The lowest BCUT2D eigenvalue weighted by Crippen LogP contribution is -2.55.